The fourth-order valence-corrected chi connectivity index (χ4v) is 5.65. The quantitative estimate of drug-likeness (QED) is 0.0493. The molecule has 1 heterocycles. The molecule has 30 heteroatoms. The van der Waals surface area contributed by atoms with Crippen LogP contribution in [0.5, 0.6) is 5.75 Å². The number of anilines is 2. The van der Waals surface area contributed by atoms with Gasteiger partial charge in [0.05, 0.1) is 32.4 Å². The smallest absolute Gasteiger partial charge is 0.870 e. The van der Waals surface area contributed by atoms with Crippen LogP contribution in [0.3, 0.4) is 0 Å². The summed E-state index contributed by atoms with van der Waals surface area (Å²) in [5.74, 6) is -6.75. The molecule has 267 valence electrons. The Balaban J connectivity index is 0. The average molecular weight is 914 g/mol. The summed E-state index contributed by atoms with van der Waals surface area (Å²) in [4.78, 5) is 14.8. The van der Waals surface area contributed by atoms with E-state index in [0.29, 0.717) is 0 Å². The fourth-order valence-electron chi connectivity index (χ4n) is 3.64. The van der Waals surface area contributed by atoms with E-state index >= 15 is 0 Å². The minimum atomic E-state index is -5.70. The van der Waals surface area contributed by atoms with Gasteiger partial charge in [-0.15, -0.1) is 24.3 Å². The largest absolute Gasteiger partial charge is 2.00 e. The van der Waals surface area contributed by atoms with Crippen molar-refractivity contribution in [3.05, 3.63) is 93.9 Å². The van der Waals surface area contributed by atoms with Gasteiger partial charge in [0.25, 0.3) is 0 Å². The van der Waals surface area contributed by atoms with Gasteiger partial charge < -0.3 is 34.0 Å². The zero-order chi connectivity index (χ0) is 36.5. The van der Waals surface area contributed by atoms with Gasteiger partial charge in [-0.25, -0.2) is 25.3 Å². The van der Waals surface area contributed by atoms with Gasteiger partial charge in [0.1, 0.15) is 31.1 Å². The number of azo groups is 2. The van der Waals surface area contributed by atoms with Crippen LogP contribution in [0.1, 0.15) is 10.4 Å². The van der Waals surface area contributed by atoms with Gasteiger partial charge in [0.15, 0.2) is 5.82 Å². The molecule has 1 aliphatic rings. The molecule has 0 saturated heterocycles. The number of aromatic nitrogens is 2. The Bertz CT molecular complexity index is 2410. The van der Waals surface area contributed by atoms with Crippen molar-refractivity contribution in [3.63, 3.8) is 0 Å². The van der Waals surface area contributed by atoms with E-state index in [1.807, 2.05) is 0 Å². The van der Waals surface area contributed by atoms with Crippen molar-refractivity contribution in [1.29, 1.82) is 0 Å². The van der Waals surface area contributed by atoms with Crippen molar-refractivity contribution in [1.82, 2.24) is 9.97 Å². The molecule has 1 aromatic heterocycles. The number of carbonyl (C=O) groups is 1. The van der Waals surface area contributed by atoms with Crippen molar-refractivity contribution in [2.75, 3.05) is 5.32 Å². The van der Waals surface area contributed by atoms with E-state index in [2.05, 4.69) is 35.7 Å². The van der Waals surface area contributed by atoms with Crippen molar-refractivity contribution >= 4 is 70.8 Å². The van der Waals surface area contributed by atoms with Crippen LogP contribution in [-0.2, 0) is 47.4 Å². The molecule has 1 radical (unpaired) electrons. The van der Waals surface area contributed by atoms with Crippen molar-refractivity contribution in [2.45, 2.75) is 9.79 Å². The Morgan fingerprint density at radius 3 is 1.98 bits per heavy atom. The van der Waals surface area contributed by atoms with Gasteiger partial charge in [-0.1, -0.05) is 22.9 Å². The molecule has 1 aliphatic carbocycles. The average Bonchev–Trinajstić information content (AvgIpc) is 2.99. The van der Waals surface area contributed by atoms with E-state index in [1.165, 1.54) is 0 Å². The monoisotopic (exact) mass is 912 g/mol. The molecule has 0 unspecified atom stereocenters. The fraction of sp³-hybridized carbons (Fsp3) is 0. The molecule has 0 spiro atoms. The molecule has 0 saturated carbocycles. The predicted octanol–water partition coefficient (Wildman–Crippen LogP) is -10.3. The van der Waals surface area contributed by atoms with Crippen molar-refractivity contribution < 1.29 is 198 Å². The number of halogens is 3. The molecule has 3 aromatic rings. The normalized spacial score (nSPS) is 13.6. The number of nitrogens with one attached hydrogen (secondary N) is 1. The number of allylic oxidation sites excluding steroid dienone is 3. The van der Waals surface area contributed by atoms with Crippen LogP contribution in [0.2, 0.25) is 5.02 Å². The van der Waals surface area contributed by atoms with E-state index in [4.69, 9.17) is 11.6 Å². The molecule has 2 aromatic carbocycles. The topological polar surface area (TPSA) is 322 Å². The van der Waals surface area contributed by atoms with Gasteiger partial charge in [-0.05, 0) is 35.6 Å². The van der Waals surface area contributed by atoms with E-state index in [-0.39, 0.29) is 153 Å². The predicted molar refractivity (Wildman–Crippen MR) is 150 cm³/mol. The SMILES string of the molecule is O=C([O-])c1cc(Nc2nc(F)nc(F)c2Cl)ccc1N=N/C(N=Nc1cc(S(=O)(=O)[O-])cc(S(=O)(=O)[O-])c1[O-])=C1\C=CC=C[C-]1S(=O)(=O)[O-].[Cu+2].[Na+].[Na+].[Na+].[Na+]. The molecule has 0 atom stereocenters. The first kappa shape index (κ1) is 55.4. The first-order valence-electron chi connectivity index (χ1n) is 12.2. The third-order valence-corrected chi connectivity index (χ3v) is 8.62. The van der Waals surface area contributed by atoms with E-state index in [9.17, 15) is 62.7 Å². The van der Waals surface area contributed by atoms with Crippen LogP contribution >= 0.6 is 11.6 Å². The van der Waals surface area contributed by atoms with Crippen molar-refractivity contribution in [3.8, 4) is 5.75 Å². The van der Waals surface area contributed by atoms with Crippen LogP contribution in [0.4, 0.5) is 31.7 Å². The molecular formula is C24H10ClCuF2N7Na4O12S3. The van der Waals surface area contributed by atoms with E-state index < -0.39 is 108 Å². The summed E-state index contributed by atoms with van der Waals surface area (Å²) in [6.07, 6.45) is 2.40. The number of aromatic carboxylic acids is 1. The summed E-state index contributed by atoms with van der Waals surface area (Å²) in [6.45, 7) is 0. The number of hydrogen-bond donors (Lipinski definition) is 1. The zero-order valence-corrected chi connectivity index (χ0v) is 39.6. The van der Waals surface area contributed by atoms with Crippen molar-refractivity contribution in [2.24, 2.45) is 20.5 Å². The second kappa shape index (κ2) is 22.4. The summed E-state index contributed by atoms with van der Waals surface area (Å²) < 4.78 is 132. The number of nitrogens with zero attached hydrogens (tertiary/aromatic N) is 6. The van der Waals surface area contributed by atoms with Crippen LogP contribution in [0.15, 0.2) is 96.3 Å². The second-order valence-corrected chi connectivity index (χ2v) is 13.4. The third-order valence-electron chi connectivity index (χ3n) is 5.73. The summed E-state index contributed by atoms with van der Waals surface area (Å²) in [5.41, 5.74) is -3.54. The Morgan fingerprint density at radius 1 is 0.852 bits per heavy atom. The van der Waals surface area contributed by atoms with Crippen LogP contribution < -0.4 is 134 Å². The molecule has 1 N–H and O–H groups in total. The van der Waals surface area contributed by atoms with Gasteiger partial charge in [0.2, 0.25) is 5.95 Å². The first-order chi connectivity index (χ1) is 22.7. The molecular weight excluding hydrogens is 903 g/mol. The number of carboxylic acids is 1. The molecule has 4 rings (SSSR count). The van der Waals surface area contributed by atoms with Gasteiger partial charge in [-0.2, -0.15) is 39.2 Å². The van der Waals surface area contributed by atoms with Crippen LogP contribution in [0.25, 0.3) is 0 Å². The summed E-state index contributed by atoms with van der Waals surface area (Å²) in [5, 5.41) is 39.0. The summed E-state index contributed by atoms with van der Waals surface area (Å²) in [6, 6.07) is 3.01. The molecule has 0 amide bonds. The second-order valence-electron chi connectivity index (χ2n) is 8.94. The minimum Gasteiger partial charge on any atom is -0.870 e. The number of carboxylic acid groups (broad SMARTS) is 1. The standard InChI is InChI=1S/C24H15ClF2N7O12S3.Cu.4Na/c25-18-20(26)29-24(27)30-22(18)28-10-5-6-14(13(7-10)23(36)37)31-33-21(12-3-1-2-4-16(12)48(41,42)43)34-32-15-8-11(47(38,39)40)9-17(19(15)35)49(44,45)46;;;;;/h1-9,35H,(H,36,37)(H,28,29,30)(H,38,39,40)(H,41,42,43)(H,44,45,46);;;;;/q-1;+2;4*+1/p-5/b21-12-,33-31?,34-32?;;;;;. The van der Waals surface area contributed by atoms with Gasteiger partial charge in [0, 0.05) is 16.1 Å². The maximum absolute atomic E-state index is 13.7. The number of rotatable bonds is 10. The Kier molecular flexibility index (Phi) is 23.0. The van der Waals surface area contributed by atoms with E-state index in [0.717, 1.165) is 42.5 Å². The minimum absolute atomic E-state index is 0. The Morgan fingerprint density at radius 2 is 1.44 bits per heavy atom. The summed E-state index contributed by atoms with van der Waals surface area (Å²) in [7, 11) is -16.5. The maximum Gasteiger partial charge on any atom is 2.00 e. The molecule has 0 aliphatic heterocycles. The van der Waals surface area contributed by atoms with Crippen LogP contribution in [-0.4, -0.2) is 54.8 Å². The number of benzene rings is 2. The maximum atomic E-state index is 13.7. The Labute approximate surface area is 408 Å². The molecule has 54 heavy (non-hydrogen) atoms. The molecule has 0 bridgehead atoms. The number of hydrogen-bond acceptors (Lipinski definition) is 19. The Hall–Kier alpha value is -0.721. The van der Waals surface area contributed by atoms with Gasteiger partial charge >= 0.3 is 141 Å². The molecule has 19 nitrogen and oxygen atoms in total. The number of carbonyl (C=O) groups excluding carboxylic acids is 1. The first-order valence-corrected chi connectivity index (χ1v) is 16.8. The molecule has 0 fully saturated rings. The van der Waals surface area contributed by atoms with Gasteiger partial charge in [-0.3, -0.25) is 0 Å². The zero-order valence-electron chi connectivity index (χ0n) is 27.4. The summed E-state index contributed by atoms with van der Waals surface area (Å²) >= 11 is 5.69. The third kappa shape index (κ3) is 14.3. The van der Waals surface area contributed by atoms with E-state index in [1.54, 1.807) is 0 Å². The van der Waals surface area contributed by atoms with Crippen LogP contribution in [0, 0.1) is 17.3 Å².